The maximum absolute atomic E-state index is 10.3. The summed E-state index contributed by atoms with van der Waals surface area (Å²) in [6.07, 6.45) is 3.21. The molecule has 0 amide bonds. The van der Waals surface area contributed by atoms with Crippen LogP contribution in [0, 0.1) is 10.1 Å². The lowest BCUT2D eigenvalue weighted by molar-refractivity contribution is -0.402. The highest BCUT2D eigenvalue weighted by Gasteiger charge is 2.20. The molecule has 0 atom stereocenters. The Morgan fingerprint density at radius 1 is 1.57 bits per heavy atom. The summed E-state index contributed by atoms with van der Waals surface area (Å²) < 4.78 is 5.01. The Bertz CT molecular complexity index is 331. The molecule has 0 radical (unpaired) electrons. The van der Waals surface area contributed by atoms with Gasteiger partial charge in [0.15, 0.2) is 0 Å². The Kier molecular flexibility index (Phi) is 2.49. The summed E-state index contributed by atoms with van der Waals surface area (Å²) in [5, 5.41) is 13.6. The molecule has 0 bridgehead atoms. The summed E-state index contributed by atoms with van der Waals surface area (Å²) in [5.74, 6) is 0.497. The van der Waals surface area contributed by atoms with Gasteiger partial charge in [0.05, 0.1) is 6.07 Å². The first-order chi connectivity index (χ1) is 6.75. The van der Waals surface area contributed by atoms with Gasteiger partial charge in [0.25, 0.3) is 0 Å². The summed E-state index contributed by atoms with van der Waals surface area (Å²) in [6, 6.07) is 3.72. The Hall–Kier alpha value is -1.36. The van der Waals surface area contributed by atoms with Crippen LogP contribution in [0.25, 0.3) is 0 Å². The quantitative estimate of drug-likeness (QED) is 0.572. The fourth-order valence-electron chi connectivity index (χ4n) is 1.29. The first kappa shape index (κ1) is 9.21. The van der Waals surface area contributed by atoms with Crippen LogP contribution in [0.4, 0.5) is 5.88 Å². The number of furan rings is 1. The lowest BCUT2D eigenvalue weighted by Gasteiger charge is -1.98. The first-order valence-corrected chi connectivity index (χ1v) is 4.72. The highest BCUT2D eigenvalue weighted by atomic mass is 16.6. The Labute approximate surface area is 81.2 Å². The zero-order valence-electron chi connectivity index (χ0n) is 7.73. The molecule has 1 aliphatic carbocycles. The maximum atomic E-state index is 10.3. The molecule has 1 aromatic heterocycles. The average molecular weight is 196 g/mol. The average Bonchev–Trinajstić information content (AvgIpc) is 2.82. The second-order valence-corrected chi connectivity index (χ2v) is 3.48. The van der Waals surface area contributed by atoms with Crippen molar-refractivity contribution in [2.75, 3.05) is 6.54 Å². The molecule has 1 aromatic rings. The molecule has 2 rings (SSSR count). The molecule has 1 fully saturated rings. The zero-order valence-corrected chi connectivity index (χ0v) is 7.73. The van der Waals surface area contributed by atoms with Crippen molar-refractivity contribution < 1.29 is 9.34 Å². The molecule has 0 aromatic carbocycles. The van der Waals surface area contributed by atoms with Crippen molar-refractivity contribution in [1.29, 1.82) is 0 Å². The predicted molar refractivity (Wildman–Crippen MR) is 50.1 cm³/mol. The van der Waals surface area contributed by atoms with Crippen molar-refractivity contribution in [1.82, 2.24) is 5.32 Å². The van der Waals surface area contributed by atoms with Crippen LogP contribution >= 0.6 is 0 Å². The van der Waals surface area contributed by atoms with Crippen molar-refractivity contribution in [3.05, 3.63) is 28.0 Å². The number of nitrogens with one attached hydrogen (secondary N) is 1. The maximum Gasteiger partial charge on any atom is 0.433 e. The number of hydrogen-bond donors (Lipinski definition) is 1. The fraction of sp³-hybridized carbons (Fsp3) is 0.556. The van der Waals surface area contributed by atoms with Crippen LogP contribution in [0.15, 0.2) is 16.5 Å². The fourth-order valence-corrected chi connectivity index (χ4v) is 1.29. The topological polar surface area (TPSA) is 68.3 Å². The van der Waals surface area contributed by atoms with E-state index in [-0.39, 0.29) is 5.88 Å². The van der Waals surface area contributed by atoms with Gasteiger partial charge in [-0.25, -0.2) is 0 Å². The Morgan fingerprint density at radius 2 is 2.36 bits per heavy atom. The van der Waals surface area contributed by atoms with Gasteiger partial charge in [-0.05, 0) is 18.9 Å². The molecule has 14 heavy (non-hydrogen) atoms. The molecule has 0 saturated heterocycles. The Morgan fingerprint density at radius 3 is 2.93 bits per heavy atom. The summed E-state index contributed by atoms with van der Waals surface area (Å²) in [4.78, 5) is 9.79. The van der Waals surface area contributed by atoms with Crippen molar-refractivity contribution in [2.24, 2.45) is 0 Å². The van der Waals surface area contributed by atoms with Crippen molar-refractivity contribution in [3.63, 3.8) is 0 Å². The number of nitrogens with zero attached hydrogens (tertiary/aromatic N) is 1. The molecular formula is C9H12N2O3. The van der Waals surface area contributed by atoms with E-state index in [0.717, 1.165) is 6.54 Å². The van der Waals surface area contributed by atoms with Gasteiger partial charge in [0.2, 0.25) is 0 Å². The highest BCUT2D eigenvalue weighted by molar-refractivity contribution is 5.17. The molecule has 5 heteroatoms. The lowest BCUT2D eigenvalue weighted by atomic mass is 10.3. The highest BCUT2D eigenvalue weighted by Crippen LogP contribution is 2.19. The van der Waals surface area contributed by atoms with Crippen LogP contribution in [0.2, 0.25) is 0 Å². The van der Waals surface area contributed by atoms with E-state index in [0.29, 0.717) is 18.2 Å². The summed E-state index contributed by atoms with van der Waals surface area (Å²) >= 11 is 0. The van der Waals surface area contributed by atoms with Gasteiger partial charge >= 0.3 is 5.88 Å². The molecule has 1 aliphatic rings. The van der Waals surface area contributed by atoms with E-state index in [2.05, 4.69) is 5.32 Å². The molecule has 1 N–H and O–H groups in total. The van der Waals surface area contributed by atoms with Gasteiger partial charge in [0, 0.05) is 19.0 Å². The van der Waals surface area contributed by atoms with Crippen LogP contribution in [-0.2, 0) is 6.42 Å². The van der Waals surface area contributed by atoms with Gasteiger partial charge in [0.1, 0.15) is 10.7 Å². The number of rotatable bonds is 5. The van der Waals surface area contributed by atoms with Gasteiger partial charge in [-0.2, -0.15) is 0 Å². The van der Waals surface area contributed by atoms with Gasteiger partial charge in [-0.15, -0.1) is 0 Å². The van der Waals surface area contributed by atoms with Gasteiger partial charge < -0.3 is 9.73 Å². The minimum Gasteiger partial charge on any atom is -0.406 e. The van der Waals surface area contributed by atoms with Crippen LogP contribution < -0.4 is 5.32 Å². The van der Waals surface area contributed by atoms with E-state index in [1.54, 1.807) is 6.07 Å². The van der Waals surface area contributed by atoms with Gasteiger partial charge in [-0.3, -0.25) is 10.1 Å². The minimum atomic E-state index is -0.516. The standard InChI is InChI=1S/C9H12N2O3/c12-11(13)9-4-3-8(14-9)5-6-10-7-1-2-7/h3-4,7,10H,1-2,5-6H2. The molecule has 0 unspecified atom stereocenters. The molecule has 0 aliphatic heterocycles. The zero-order chi connectivity index (χ0) is 9.97. The summed E-state index contributed by atoms with van der Waals surface area (Å²) in [7, 11) is 0. The van der Waals surface area contributed by atoms with E-state index in [1.165, 1.54) is 18.9 Å². The van der Waals surface area contributed by atoms with Crippen LogP contribution in [0.1, 0.15) is 18.6 Å². The van der Waals surface area contributed by atoms with Crippen molar-refractivity contribution in [2.45, 2.75) is 25.3 Å². The third kappa shape index (κ3) is 2.32. The molecule has 5 nitrogen and oxygen atoms in total. The van der Waals surface area contributed by atoms with E-state index < -0.39 is 4.92 Å². The van der Waals surface area contributed by atoms with E-state index in [1.807, 2.05) is 0 Å². The van der Waals surface area contributed by atoms with Crippen molar-refractivity contribution in [3.8, 4) is 0 Å². The first-order valence-electron chi connectivity index (χ1n) is 4.72. The number of nitro groups is 1. The smallest absolute Gasteiger partial charge is 0.406 e. The van der Waals surface area contributed by atoms with Crippen LogP contribution in [0.5, 0.6) is 0 Å². The van der Waals surface area contributed by atoms with E-state index >= 15 is 0 Å². The largest absolute Gasteiger partial charge is 0.433 e. The van der Waals surface area contributed by atoms with E-state index in [9.17, 15) is 10.1 Å². The molecule has 1 heterocycles. The molecular weight excluding hydrogens is 184 g/mol. The second-order valence-electron chi connectivity index (χ2n) is 3.48. The molecule has 76 valence electrons. The van der Waals surface area contributed by atoms with E-state index in [4.69, 9.17) is 4.42 Å². The second kappa shape index (κ2) is 3.79. The Balaban J connectivity index is 1.79. The monoisotopic (exact) mass is 196 g/mol. The predicted octanol–water partition coefficient (Wildman–Crippen LogP) is 1.48. The SMILES string of the molecule is O=[N+]([O-])c1ccc(CCNC2CC2)o1. The minimum absolute atomic E-state index is 0.175. The van der Waals surface area contributed by atoms with Gasteiger partial charge in [-0.1, -0.05) is 0 Å². The normalized spacial score (nSPS) is 15.7. The van der Waals surface area contributed by atoms with Crippen LogP contribution in [0.3, 0.4) is 0 Å². The summed E-state index contributed by atoms with van der Waals surface area (Å²) in [6.45, 7) is 0.829. The molecule has 0 spiro atoms. The third-order valence-electron chi connectivity index (χ3n) is 2.21. The lowest BCUT2D eigenvalue weighted by Crippen LogP contribution is -2.18. The number of hydrogen-bond acceptors (Lipinski definition) is 4. The van der Waals surface area contributed by atoms with Crippen molar-refractivity contribution >= 4 is 5.88 Å². The third-order valence-corrected chi connectivity index (χ3v) is 2.21. The molecule has 1 saturated carbocycles. The summed E-state index contributed by atoms with van der Waals surface area (Å²) in [5.41, 5.74) is 0. The van der Waals surface area contributed by atoms with Crippen LogP contribution in [-0.4, -0.2) is 17.5 Å².